The second-order valence-corrected chi connectivity index (χ2v) is 12.3. The highest BCUT2D eigenvalue weighted by Gasteiger charge is 2.45. The molecule has 1 aliphatic heterocycles. The van der Waals surface area contributed by atoms with E-state index in [9.17, 15) is 15.0 Å². The van der Waals surface area contributed by atoms with Gasteiger partial charge in [0, 0.05) is 6.42 Å². The fourth-order valence-corrected chi connectivity index (χ4v) is 4.42. The van der Waals surface area contributed by atoms with Crippen LogP contribution >= 0.6 is 6.89 Å². The van der Waals surface area contributed by atoms with Crippen molar-refractivity contribution in [2.75, 3.05) is 19.5 Å². The van der Waals surface area contributed by atoms with Gasteiger partial charge in [0.05, 0.1) is 6.10 Å². The van der Waals surface area contributed by atoms with Gasteiger partial charge in [-0.2, -0.15) is 0 Å². The number of aliphatic hydroxyl groups excluding tert-OH is 2. The van der Waals surface area contributed by atoms with Gasteiger partial charge in [-0.05, 0) is 39.3 Å². The molecule has 0 bridgehead atoms. The van der Waals surface area contributed by atoms with Gasteiger partial charge in [0.25, 0.3) is 5.56 Å². The van der Waals surface area contributed by atoms with Gasteiger partial charge in [-0.1, -0.05) is 6.92 Å². The molecule has 1 fully saturated rings. The van der Waals surface area contributed by atoms with E-state index in [0.717, 1.165) is 12.6 Å². The normalized spacial score (nSPS) is 26.1. The van der Waals surface area contributed by atoms with Gasteiger partial charge >= 0.3 is 0 Å². The maximum atomic E-state index is 12.3. The zero-order chi connectivity index (χ0) is 19.9. The Morgan fingerprint density at radius 1 is 1.30 bits per heavy atom. The van der Waals surface area contributed by atoms with Crippen LogP contribution in [0.25, 0.3) is 11.2 Å². The van der Waals surface area contributed by atoms with Crippen molar-refractivity contribution in [1.82, 2.24) is 19.5 Å². The van der Waals surface area contributed by atoms with Crippen LogP contribution in [0.1, 0.15) is 37.6 Å². The van der Waals surface area contributed by atoms with Crippen molar-refractivity contribution in [1.29, 1.82) is 0 Å². The third-order valence-electron chi connectivity index (χ3n) is 4.83. The summed E-state index contributed by atoms with van der Waals surface area (Å²) in [4.78, 5) is 23.8. The minimum atomic E-state index is -1.27. The average Bonchev–Trinajstić information content (AvgIpc) is 3.04. The number of aromatic amines is 1. The maximum absolute atomic E-state index is 12.3. The maximum Gasteiger partial charge on any atom is 0.279 e. The summed E-state index contributed by atoms with van der Waals surface area (Å²) in [5.74, 6) is 1.09. The van der Waals surface area contributed by atoms with Crippen LogP contribution in [0.3, 0.4) is 0 Å². The first-order valence-corrected chi connectivity index (χ1v) is 12.3. The Morgan fingerprint density at radius 2 is 2.00 bits per heavy atom. The number of aryl methyl sites for hydroxylation is 2. The lowest BCUT2D eigenvalue weighted by molar-refractivity contribution is -0.0368. The molecule has 4 atom stereocenters. The lowest BCUT2D eigenvalue weighted by Crippen LogP contribution is -2.32. The summed E-state index contributed by atoms with van der Waals surface area (Å²) in [5.41, 5.74) is 0.283. The summed E-state index contributed by atoms with van der Waals surface area (Å²) < 4.78 is 7.74. The molecular formula is C18H29N4O4P. The van der Waals surface area contributed by atoms with Crippen molar-refractivity contribution in [3.05, 3.63) is 22.0 Å². The largest absolute Gasteiger partial charge is 0.388 e. The highest BCUT2D eigenvalue weighted by atomic mass is 31.2. The molecule has 0 saturated carbocycles. The summed E-state index contributed by atoms with van der Waals surface area (Å²) in [6, 6.07) is 0. The Bertz CT molecular complexity index is 931. The Labute approximate surface area is 158 Å². The van der Waals surface area contributed by atoms with E-state index in [1.54, 1.807) is 11.5 Å². The number of aliphatic hydroxyl groups is 2. The molecular weight excluding hydrogens is 367 g/mol. The van der Waals surface area contributed by atoms with Crippen molar-refractivity contribution >= 4 is 24.3 Å². The Hall–Kier alpha value is -1.47. The molecule has 8 nitrogen and oxygen atoms in total. The van der Waals surface area contributed by atoms with Crippen molar-refractivity contribution in [2.45, 2.75) is 57.6 Å². The van der Waals surface area contributed by atoms with E-state index in [0.29, 0.717) is 30.1 Å². The van der Waals surface area contributed by atoms with E-state index in [1.807, 2.05) is 6.92 Å². The molecule has 9 heteroatoms. The molecule has 27 heavy (non-hydrogen) atoms. The second-order valence-electron chi connectivity index (χ2n) is 7.97. The number of fused-ring (bicyclic) bond motifs is 1. The van der Waals surface area contributed by atoms with E-state index >= 15 is 0 Å². The molecule has 1 saturated heterocycles. The van der Waals surface area contributed by atoms with Crippen molar-refractivity contribution < 1.29 is 14.9 Å². The number of imidazole rings is 1. The molecule has 2 aromatic heterocycles. The molecule has 3 heterocycles. The molecule has 2 aromatic rings. The molecule has 1 aliphatic rings. The van der Waals surface area contributed by atoms with Gasteiger partial charge < -0.3 is 19.9 Å². The highest BCUT2D eigenvalue weighted by molar-refractivity contribution is 7.72. The van der Waals surface area contributed by atoms with Gasteiger partial charge in [-0.3, -0.25) is 9.36 Å². The summed E-state index contributed by atoms with van der Waals surface area (Å²) in [6.45, 7) is 6.70. The summed E-state index contributed by atoms with van der Waals surface area (Å²) in [7, 11) is 0. The second kappa shape index (κ2) is 7.51. The standard InChI is InChI=1S/C18H29N4O4P/c1-6-7-12-21-13-16(19-10(2)20-17(13)25)22(12)18-15(24)14(23)11(26-18)8-9-27(3,4)5/h11,14-15,18,23-24H,3,6-9H2,1-2,4-5H3,(H,19,20,25)/t11?,14-,15-,18-/m1/s1. The van der Waals surface area contributed by atoms with Crippen molar-refractivity contribution in [2.24, 2.45) is 0 Å². The van der Waals surface area contributed by atoms with Crippen molar-refractivity contribution in [3.8, 4) is 0 Å². The van der Waals surface area contributed by atoms with Crippen LogP contribution in [-0.4, -0.2) is 73.8 Å². The predicted octanol–water partition coefficient (Wildman–Crippen LogP) is 1.10. The van der Waals surface area contributed by atoms with Crippen LogP contribution in [0.5, 0.6) is 0 Å². The number of rotatable bonds is 6. The smallest absolute Gasteiger partial charge is 0.279 e. The average molecular weight is 396 g/mol. The van der Waals surface area contributed by atoms with E-state index in [1.165, 1.54) is 0 Å². The number of hydrogen-bond donors (Lipinski definition) is 3. The molecule has 3 rings (SSSR count). The molecule has 0 aromatic carbocycles. The highest BCUT2D eigenvalue weighted by Crippen LogP contribution is 2.40. The Kier molecular flexibility index (Phi) is 5.64. The molecule has 3 N–H and O–H groups in total. The van der Waals surface area contributed by atoms with E-state index in [4.69, 9.17) is 4.74 Å². The third kappa shape index (κ3) is 4.04. The van der Waals surface area contributed by atoms with E-state index < -0.39 is 31.4 Å². The molecule has 0 spiro atoms. The van der Waals surface area contributed by atoms with E-state index in [2.05, 4.69) is 34.6 Å². The molecule has 0 aliphatic carbocycles. The molecule has 1 unspecified atom stereocenters. The first kappa shape index (κ1) is 20.3. The van der Waals surface area contributed by atoms with Crippen LogP contribution in [0.4, 0.5) is 0 Å². The summed E-state index contributed by atoms with van der Waals surface area (Å²) >= 11 is 0. The summed E-state index contributed by atoms with van der Waals surface area (Å²) in [5, 5.41) is 21.2. The van der Waals surface area contributed by atoms with Gasteiger partial charge in [0.1, 0.15) is 23.9 Å². The predicted molar refractivity (Wildman–Crippen MR) is 108 cm³/mol. The zero-order valence-corrected chi connectivity index (χ0v) is 17.2. The minimum absolute atomic E-state index is 0.225. The van der Waals surface area contributed by atoms with Crippen LogP contribution in [0.15, 0.2) is 4.79 Å². The lowest BCUT2D eigenvalue weighted by Gasteiger charge is -2.20. The zero-order valence-electron chi connectivity index (χ0n) is 16.3. The first-order valence-electron chi connectivity index (χ1n) is 9.29. The number of nitrogens with one attached hydrogen (secondary N) is 1. The topological polar surface area (TPSA) is 113 Å². The van der Waals surface area contributed by atoms with Gasteiger partial charge in [-0.25, -0.2) is 9.97 Å². The molecule has 0 radical (unpaired) electrons. The minimum Gasteiger partial charge on any atom is -0.388 e. The van der Waals surface area contributed by atoms with Gasteiger partial charge in [0.15, 0.2) is 17.4 Å². The van der Waals surface area contributed by atoms with Crippen LogP contribution in [-0.2, 0) is 11.2 Å². The number of nitrogens with zero attached hydrogens (tertiary/aromatic N) is 3. The molecule has 0 amide bonds. The van der Waals surface area contributed by atoms with Crippen LogP contribution in [0.2, 0.25) is 0 Å². The van der Waals surface area contributed by atoms with Gasteiger partial charge in [-0.15, -0.1) is 13.2 Å². The number of H-pyrrole nitrogens is 1. The Morgan fingerprint density at radius 3 is 2.63 bits per heavy atom. The summed E-state index contributed by atoms with van der Waals surface area (Å²) in [6.07, 6.45) is 3.68. The lowest BCUT2D eigenvalue weighted by atomic mass is 10.1. The number of hydrogen-bond acceptors (Lipinski definition) is 6. The number of ether oxygens (including phenoxy) is 1. The quantitative estimate of drug-likeness (QED) is 0.630. The van der Waals surface area contributed by atoms with Crippen LogP contribution < -0.4 is 5.56 Å². The fourth-order valence-electron chi connectivity index (χ4n) is 3.46. The van der Waals surface area contributed by atoms with Crippen LogP contribution in [0, 0.1) is 6.92 Å². The fraction of sp³-hybridized carbons (Fsp3) is 0.667. The monoisotopic (exact) mass is 396 g/mol. The van der Waals surface area contributed by atoms with Gasteiger partial charge in [0.2, 0.25) is 0 Å². The Balaban J connectivity index is 2.02. The van der Waals surface area contributed by atoms with Crippen molar-refractivity contribution in [3.63, 3.8) is 0 Å². The third-order valence-corrected chi connectivity index (χ3v) is 6.30. The SMILES string of the molecule is C=P(C)(C)CCC1O[C@@H](n2c(CCC)nc3c(=O)[nH]c(C)nc32)[C@H](O)[C@@H]1O. The van der Waals surface area contributed by atoms with E-state index in [-0.39, 0.29) is 11.1 Å². The number of aromatic nitrogens is 4. The molecule has 150 valence electrons. The first-order chi connectivity index (χ1) is 12.6.